The highest BCUT2D eigenvalue weighted by Gasteiger charge is 2.58. The second-order valence-corrected chi connectivity index (χ2v) is 9.95. The zero-order valence-corrected chi connectivity index (χ0v) is 19.3. The van der Waals surface area contributed by atoms with Gasteiger partial charge in [0, 0.05) is 36.7 Å². The molecule has 0 bridgehead atoms. The number of nitrogens with zero attached hydrogens (tertiary/aromatic N) is 3. The number of thiophene rings is 1. The van der Waals surface area contributed by atoms with E-state index in [0.29, 0.717) is 44.7 Å². The van der Waals surface area contributed by atoms with E-state index in [0.717, 1.165) is 17.7 Å². The van der Waals surface area contributed by atoms with E-state index < -0.39 is 11.6 Å². The summed E-state index contributed by atoms with van der Waals surface area (Å²) in [5, 5.41) is 5.00. The van der Waals surface area contributed by atoms with Gasteiger partial charge in [0.05, 0.1) is 24.8 Å². The maximum atomic E-state index is 13.8. The smallest absolute Gasteiger partial charge is 0.325 e. The van der Waals surface area contributed by atoms with Crippen LogP contribution in [0.4, 0.5) is 4.79 Å². The van der Waals surface area contributed by atoms with Crippen molar-refractivity contribution in [3.8, 4) is 0 Å². The van der Waals surface area contributed by atoms with Crippen molar-refractivity contribution in [3.63, 3.8) is 0 Å². The number of likely N-dealkylation sites (tertiary alicyclic amines) is 1. The summed E-state index contributed by atoms with van der Waals surface area (Å²) in [6.07, 6.45) is 4.96. The Labute approximate surface area is 196 Å². The molecule has 0 aromatic carbocycles. The number of nitrogens with one attached hydrogen (secondary N) is 1. The summed E-state index contributed by atoms with van der Waals surface area (Å²) in [5.74, 6) is -0.307. The molecule has 0 saturated carbocycles. The predicted molar refractivity (Wildman–Crippen MR) is 122 cm³/mol. The average molecular weight is 469 g/mol. The number of ether oxygens (including phenoxy) is 1. The molecule has 174 valence electrons. The lowest BCUT2D eigenvalue weighted by atomic mass is 9.75. The van der Waals surface area contributed by atoms with Gasteiger partial charge in [-0.15, -0.1) is 11.3 Å². The maximum absolute atomic E-state index is 13.8. The number of hydrogen-bond donors (Lipinski definition) is 1. The van der Waals surface area contributed by atoms with Crippen molar-refractivity contribution in [1.82, 2.24) is 20.1 Å². The van der Waals surface area contributed by atoms with Crippen molar-refractivity contribution in [2.24, 2.45) is 5.92 Å². The summed E-state index contributed by atoms with van der Waals surface area (Å²) in [4.78, 5) is 48.3. The fourth-order valence-corrected chi connectivity index (χ4v) is 5.94. The van der Waals surface area contributed by atoms with Crippen LogP contribution in [0.5, 0.6) is 0 Å². The number of amides is 4. The Morgan fingerprint density at radius 3 is 2.70 bits per heavy atom. The standard InChI is InChI=1S/C24H28N4O4S/c29-21(15-19-6-4-14-33-19)27-11-8-17(9-12-27)24(20-7-1-2-10-25-20)22(30)28(23(31)26-24)16-18-5-3-13-32-18/h1-2,4,6-7,10,14,17-18H,3,5,8-9,11-13,15-16H2,(H,26,31)/t18-,24-/m1/s1. The summed E-state index contributed by atoms with van der Waals surface area (Å²) in [7, 11) is 0. The molecule has 0 unspecified atom stereocenters. The van der Waals surface area contributed by atoms with Crippen LogP contribution in [0, 0.1) is 5.92 Å². The van der Waals surface area contributed by atoms with Crippen LogP contribution < -0.4 is 5.32 Å². The van der Waals surface area contributed by atoms with Gasteiger partial charge in [-0.25, -0.2) is 4.79 Å². The molecule has 2 aromatic rings. The Kier molecular flexibility index (Phi) is 6.16. The Balaban J connectivity index is 1.35. The van der Waals surface area contributed by atoms with E-state index in [1.165, 1.54) is 4.90 Å². The molecule has 8 nitrogen and oxygen atoms in total. The summed E-state index contributed by atoms with van der Waals surface area (Å²) < 4.78 is 5.68. The molecule has 9 heteroatoms. The lowest BCUT2D eigenvalue weighted by Gasteiger charge is -2.40. The summed E-state index contributed by atoms with van der Waals surface area (Å²) in [6.45, 7) is 2.03. The van der Waals surface area contributed by atoms with Crippen molar-refractivity contribution >= 4 is 29.2 Å². The quantitative estimate of drug-likeness (QED) is 0.658. The van der Waals surface area contributed by atoms with Crippen molar-refractivity contribution in [2.75, 3.05) is 26.2 Å². The first-order chi connectivity index (χ1) is 16.1. The molecule has 2 atom stereocenters. The molecule has 3 aliphatic heterocycles. The van der Waals surface area contributed by atoms with E-state index in [1.54, 1.807) is 23.6 Å². The largest absolute Gasteiger partial charge is 0.376 e. The van der Waals surface area contributed by atoms with Crippen molar-refractivity contribution in [3.05, 3.63) is 52.5 Å². The Bertz CT molecular complexity index is 1000. The van der Waals surface area contributed by atoms with Crippen molar-refractivity contribution < 1.29 is 19.1 Å². The number of pyridine rings is 1. The maximum Gasteiger partial charge on any atom is 0.325 e. The van der Waals surface area contributed by atoms with Gasteiger partial charge in [-0.05, 0) is 49.3 Å². The first-order valence-electron chi connectivity index (χ1n) is 11.6. The minimum Gasteiger partial charge on any atom is -0.376 e. The third-order valence-electron chi connectivity index (χ3n) is 6.98. The third-order valence-corrected chi connectivity index (χ3v) is 7.85. The second kappa shape index (κ2) is 9.23. The van der Waals surface area contributed by atoms with Gasteiger partial charge in [0.1, 0.15) is 0 Å². The molecule has 33 heavy (non-hydrogen) atoms. The fourth-order valence-electron chi connectivity index (χ4n) is 5.24. The van der Waals surface area contributed by atoms with Gasteiger partial charge in [0.2, 0.25) is 5.91 Å². The van der Waals surface area contributed by atoms with Crippen molar-refractivity contribution in [2.45, 2.75) is 43.7 Å². The Morgan fingerprint density at radius 2 is 2.03 bits per heavy atom. The highest BCUT2D eigenvalue weighted by molar-refractivity contribution is 7.10. The molecule has 3 fully saturated rings. The molecular weight excluding hydrogens is 440 g/mol. The molecule has 3 saturated heterocycles. The molecule has 0 radical (unpaired) electrons. The van der Waals surface area contributed by atoms with E-state index in [9.17, 15) is 14.4 Å². The van der Waals surface area contributed by atoms with Crippen LogP contribution in [0.3, 0.4) is 0 Å². The molecule has 5 heterocycles. The van der Waals surface area contributed by atoms with Gasteiger partial charge in [0.15, 0.2) is 5.54 Å². The van der Waals surface area contributed by atoms with Crippen LogP contribution in [0.1, 0.15) is 36.3 Å². The number of aromatic nitrogens is 1. The number of hydrogen-bond acceptors (Lipinski definition) is 6. The summed E-state index contributed by atoms with van der Waals surface area (Å²) >= 11 is 1.58. The van der Waals surface area contributed by atoms with Gasteiger partial charge in [-0.2, -0.15) is 0 Å². The monoisotopic (exact) mass is 468 g/mol. The summed E-state index contributed by atoms with van der Waals surface area (Å²) in [5.41, 5.74) is -0.652. The molecule has 1 N–H and O–H groups in total. The SMILES string of the molecule is O=C(Cc1cccs1)N1CCC([C@]2(c3ccccn3)NC(=O)N(C[C@H]3CCCO3)C2=O)CC1. The first-order valence-corrected chi connectivity index (χ1v) is 12.4. The number of carbonyl (C=O) groups is 3. The molecular formula is C24H28N4O4S. The molecule has 0 aliphatic carbocycles. The minimum absolute atomic E-state index is 0.101. The van der Waals surface area contributed by atoms with Gasteiger partial charge in [0.25, 0.3) is 5.91 Å². The van der Waals surface area contributed by atoms with Crippen LogP contribution in [-0.4, -0.2) is 65.0 Å². The van der Waals surface area contributed by atoms with E-state index >= 15 is 0 Å². The average Bonchev–Trinajstić information content (AvgIpc) is 3.59. The van der Waals surface area contributed by atoms with Gasteiger partial charge < -0.3 is 15.0 Å². The van der Waals surface area contributed by atoms with Crippen LogP contribution in [-0.2, 0) is 26.3 Å². The molecule has 5 rings (SSSR count). The van der Waals surface area contributed by atoms with Crippen LogP contribution in [0.15, 0.2) is 41.9 Å². The highest BCUT2D eigenvalue weighted by atomic mass is 32.1. The first kappa shape index (κ1) is 22.0. The topological polar surface area (TPSA) is 91.8 Å². The Morgan fingerprint density at radius 1 is 1.18 bits per heavy atom. The van der Waals surface area contributed by atoms with Crippen LogP contribution >= 0.6 is 11.3 Å². The second-order valence-electron chi connectivity index (χ2n) is 8.92. The van der Waals surface area contributed by atoms with Gasteiger partial charge in [-0.3, -0.25) is 19.5 Å². The molecule has 0 spiro atoms. The van der Waals surface area contributed by atoms with E-state index in [1.807, 2.05) is 34.5 Å². The highest BCUT2D eigenvalue weighted by Crippen LogP contribution is 2.41. The lowest BCUT2D eigenvalue weighted by Crippen LogP contribution is -2.54. The minimum atomic E-state index is -1.21. The normalized spacial score (nSPS) is 26.1. The van der Waals surface area contributed by atoms with E-state index in [-0.39, 0.29) is 30.4 Å². The molecule has 4 amide bonds. The molecule has 2 aromatic heterocycles. The molecule has 3 aliphatic rings. The predicted octanol–water partition coefficient (Wildman–Crippen LogP) is 2.55. The fraction of sp³-hybridized carbons (Fsp3) is 0.500. The number of rotatable bonds is 6. The zero-order valence-electron chi connectivity index (χ0n) is 18.4. The Hall–Kier alpha value is -2.78. The number of urea groups is 1. The van der Waals surface area contributed by atoms with E-state index in [2.05, 4.69) is 10.3 Å². The van der Waals surface area contributed by atoms with E-state index in [4.69, 9.17) is 4.74 Å². The number of carbonyl (C=O) groups excluding carboxylic acids is 3. The van der Waals surface area contributed by atoms with Crippen LogP contribution in [0.2, 0.25) is 0 Å². The zero-order chi connectivity index (χ0) is 22.8. The number of imide groups is 1. The lowest BCUT2D eigenvalue weighted by molar-refractivity contribution is -0.137. The van der Waals surface area contributed by atoms with Gasteiger partial charge in [-0.1, -0.05) is 12.1 Å². The van der Waals surface area contributed by atoms with Crippen molar-refractivity contribution in [1.29, 1.82) is 0 Å². The van der Waals surface area contributed by atoms with Crippen LogP contribution in [0.25, 0.3) is 0 Å². The number of piperidine rings is 1. The third kappa shape index (κ3) is 4.15. The van der Waals surface area contributed by atoms with Gasteiger partial charge >= 0.3 is 6.03 Å². The summed E-state index contributed by atoms with van der Waals surface area (Å²) in [6, 6.07) is 8.98.